The van der Waals surface area contributed by atoms with E-state index in [-0.39, 0.29) is 52.0 Å². The first-order valence-electron chi connectivity index (χ1n) is 18.4. The predicted octanol–water partition coefficient (Wildman–Crippen LogP) is 5.88. The van der Waals surface area contributed by atoms with E-state index in [0.29, 0.717) is 52.1 Å². The molecule has 0 amide bonds. The molecule has 0 spiro atoms. The number of carboxylic acid groups (broad SMARTS) is 2. The molecule has 1 saturated carbocycles. The number of hydrogen-bond donors (Lipinski definition) is 3. The zero-order valence-electron chi connectivity index (χ0n) is 30.5. The van der Waals surface area contributed by atoms with Crippen molar-refractivity contribution in [3.63, 3.8) is 0 Å². The van der Waals surface area contributed by atoms with E-state index in [0.717, 1.165) is 54.8 Å². The van der Waals surface area contributed by atoms with Crippen LogP contribution in [0.5, 0.6) is 11.5 Å². The van der Waals surface area contributed by atoms with Crippen LogP contribution < -0.4 is 24.6 Å². The summed E-state index contributed by atoms with van der Waals surface area (Å²) in [5.41, 5.74) is 1.99. The number of carboxylic acids is 1. The SMILES string of the molecule is O=C([O-])c1sc(CNC(C(=O)O[C@H]2CN3CCC2CC3)c2ccccc2)cc1[C@@H](Cc1c(Cl)c[n+](O)cc1Cl)c1ccc(OC(F)F)c(OCC2CC2)c1.O=CO. The molecule has 4 fully saturated rings. The first-order valence-corrected chi connectivity index (χ1v) is 19.9. The number of carbonyl (C=O) groups is 3. The minimum absolute atomic E-state index is 0.0536. The molecule has 57 heavy (non-hydrogen) atoms. The number of thiophene rings is 1. The first kappa shape index (κ1) is 42.1. The number of carbonyl (C=O) groups excluding carboxylic acids is 2. The molecule has 2 bridgehead atoms. The fourth-order valence-corrected chi connectivity index (χ4v) is 8.91. The van der Waals surface area contributed by atoms with Crippen molar-refractivity contribution in [3.05, 3.63) is 109 Å². The zero-order chi connectivity index (χ0) is 40.6. The van der Waals surface area contributed by atoms with E-state index < -0.39 is 30.5 Å². The average molecular weight is 849 g/mol. The van der Waals surface area contributed by atoms with Gasteiger partial charge in [0.1, 0.15) is 22.2 Å². The van der Waals surface area contributed by atoms with Gasteiger partial charge >= 0.3 is 12.6 Å². The van der Waals surface area contributed by atoms with Gasteiger partial charge in [0, 0.05) is 34.2 Å². The Labute approximate surface area is 341 Å². The van der Waals surface area contributed by atoms with Crippen molar-refractivity contribution >= 4 is 52.9 Å². The third kappa shape index (κ3) is 10.9. The lowest BCUT2D eigenvalue weighted by Crippen LogP contribution is -2.52. The number of rotatable bonds is 16. The van der Waals surface area contributed by atoms with E-state index in [9.17, 15) is 28.7 Å². The number of piperidine rings is 3. The van der Waals surface area contributed by atoms with Gasteiger partial charge in [0.2, 0.25) is 12.4 Å². The van der Waals surface area contributed by atoms with Gasteiger partial charge in [-0.2, -0.15) is 8.78 Å². The van der Waals surface area contributed by atoms with Crippen LogP contribution in [0.4, 0.5) is 8.78 Å². The van der Waals surface area contributed by atoms with Crippen molar-refractivity contribution in [1.29, 1.82) is 0 Å². The zero-order valence-corrected chi connectivity index (χ0v) is 32.9. The highest BCUT2D eigenvalue weighted by atomic mass is 35.5. The van der Waals surface area contributed by atoms with Crippen LogP contribution in [0.1, 0.15) is 74.4 Å². The molecule has 3 atom stereocenters. The van der Waals surface area contributed by atoms with Crippen LogP contribution in [0.25, 0.3) is 0 Å². The Bertz CT molecular complexity index is 2010. The molecule has 2 aromatic carbocycles. The molecule has 3 N–H and O–H groups in total. The minimum atomic E-state index is -3.09. The number of halogens is 4. The second kappa shape index (κ2) is 19.3. The second-order valence-corrected chi connectivity index (χ2v) is 16.1. The first-order chi connectivity index (χ1) is 27.4. The summed E-state index contributed by atoms with van der Waals surface area (Å²) in [6, 6.07) is 14.6. The smallest absolute Gasteiger partial charge is 0.387 e. The second-order valence-electron chi connectivity index (χ2n) is 14.1. The summed E-state index contributed by atoms with van der Waals surface area (Å²) in [6.07, 6.45) is 6.27. The molecule has 17 heteroatoms. The standard InChI is InChI=1S/C39H39Cl2F2N3O7S.CH2O2/c40-30-18-46(50)19-31(41)29(30)16-27(25-8-9-32(53-39(42)43)33(14-25)51-21-22-6-7-22)28-15-26(54-36(28)37(47)48)17-44-35(24-4-2-1-3-5-24)38(49)52-34-20-45-12-10-23(34)11-13-45;2-1-3/h1-5,8-9,14-15,18-19,22-23,27,34-35,39,44H,6-7,10-13,16-17,20-21H2,(H-,47,48,50);1H,(H,2,3)/t27-,34-,35?;/m0./s1. The molecule has 3 aliphatic heterocycles. The van der Waals surface area contributed by atoms with Gasteiger partial charge in [-0.25, -0.2) is 4.79 Å². The number of nitrogens with zero attached hydrogens (tertiary/aromatic N) is 2. The Kier molecular flexibility index (Phi) is 14.2. The summed E-state index contributed by atoms with van der Waals surface area (Å²) < 4.78 is 44.3. The van der Waals surface area contributed by atoms with Crippen molar-refractivity contribution in [1.82, 2.24) is 10.2 Å². The summed E-state index contributed by atoms with van der Waals surface area (Å²) in [5.74, 6) is -2.03. The number of hydrogen-bond acceptors (Lipinski definition) is 11. The summed E-state index contributed by atoms with van der Waals surface area (Å²) in [6.45, 7) is -0.197. The van der Waals surface area contributed by atoms with Crippen LogP contribution in [0.3, 0.4) is 0 Å². The molecule has 4 aliphatic rings. The number of benzene rings is 2. The fraction of sp³-hybridized carbons (Fsp3) is 0.400. The number of ether oxygens (including phenoxy) is 3. The average Bonchev–Trinajstić information content (AvgIpc) is 3.92. The Hall–Kier alpha value is -4.54. The molecular formula is C40H41Cl2F2N3O9S. The van der Waals surface area contributed by atoms with Gasteiger partial charge < -0.3 is 29.2 Å². The number of pyridine rings is 1. The van der Waals surface area contributed by atoms with Gasteiger partial charge in [-0.1, -0.05) is 59.6 Å². The highest BCUT2D eigenvalue weighted by Crippen LogP contribution is 2.42. The molecule has 1 aliphatic carbocycles. The predicted molar refractivity (Wildman–Crippen MR) is 203 cm³/mol. The van der Waals surface area contributed by atoms with Crippen LogP contribution in [0.2, 0.25) is 10.0 Å². The van der Waals surface area contributed by atoms with Crippen molar-refractivity contribution < 1.29 is 57.5 Å². The quantitative estimate of drug-likeness (QED) is 0.0535. The Balaban J connectivity index is 0.00000177. The summed E-state index contributed by atoms with van der Waals surface area (Å²) in [4.78, 5) is 37.7. The molecule has 3 saturated heterocycles. The maximum Gasteiger partial charge on any atom is 0.387 e. The molecule has 0 radical (unpaired) electrons. The van der Waals surface area contributed by atoms with E-state index in [1.807, 2.05) is 30.3 Å². The van der Waals surface area contributed by atoms with Crippen molar-refractivity contribution in [2.75, 3.05) is 26.2 Å². The lowest BCUT2D eigenvalue weighted by atomic mass is 9.85. The molecule has 304 valence electrons. The van der Waals surface area contributed by atoms with Crippen molar-refractivity contribution in [3.8, 4) is 11.5 Å². The third-order valence-corrected chi connectivity index (χ3v) is 12.1. The maximum atomic E-state index is 13.8. The van der Waals surface area contributed by atoms with Crippen LogP contribution in [-0.2, 0) is 27.3 Å². The van der Waals surface area contributed by atoms with Crippen LogP contribution in [-0.4, -0.2) is 72.6 Å². The third-order valence-electron chi connectivity index (χ3n) is 10.3. The van der Waals surface area contributed by atoms with Crippen molar-refractivity contribution in [2.45, 2.75) is 63.3 Å². The fourth-order valence-electron chi connectivity index (χ4n) is 7.30. The molecule has 4 aromatic rings. The topological polar surface area (TPSA) is 162 Å². The van der Waals surface area contributed by atoms with Gasteiger partial charge in [0.25, 0.3) is 6.47 Å². The molecule has 8 rings (SSSR count). The highest BCUT2D eigenvalue weighted by Gasteiger charge is 2.38. The van der Waals surface area contributed by atoms with Gasteiger partial charge in [-0.3, -0.25) is 20.2 Å². The minimum Gasteiger partial charge on any atom is -0.544 e. The van der Waals surface area contributed by atoms with Gasteiger partial charge in [0.15, 0.2) is 11.5 Å². The van der Waals surface area contributed by atoms with Crippen molar-refractivity contribution in [2.24, 2.45) is 11.8 Å². The largest absolute Gasteiger partial charge is 0.544 e. The van der Waals surface area contributed by atoms with Crippen LogP contribution in [0, 0.1) is 11.8 Å². The molecule has 12 nitrogen and oxygen atoms in total. The number of nitrogens with one attached hydrogen (secondary N) is 1. The Morgan fingerprint density at radius 3 is 2.30 bits per heavy atom. The normalized spacial score (nSPS) is 19.6. The van der Waals surface area contributed by atoms with E-state index >= 15 is 0 Å². The molecule has 2 aromatic heterocycles. The van der Waals surface area contributed by atoms with E-state index in [1.54, 1.807) is 18.2 Å². The lowest BCUT2D eigenvalue weighted by Gasteiger charge is -2.44. The van der Waals surface area contributed by atoms with E-state index in [1.165, 1.54) is 18.5 Å². The van der Waals surface area contributed by atoms with Crippen LogP contribution in [0.15, 0.2) is 67.0 Å². The van der Waals surface area contributed by atoms with Crippen LogP contribution >= 0.6 is 34.5 Å². The van der Waals surface area contributed by atoms with E-state index in [4.69, 9.17) is 47.3 Å². The number of aromatic carboxylic acids is 1. The van der Waals surface area contributed by atoms with Gasteiger partial charge in [0.05, 0.1) is 17.5 Å². The van der Waals surface area contributed by atoms with E-state index in [2.05, 4.69) is 10.2 Å². The number of alkyl halides is 2. The lowest BCUT2D eigenvalue weighted by molar-refractivity contribution is -0.904. The number of esters is 1. The summed E-state index contributed by atoms with van der Waals surface area (Å²) in [5, 5.41) is 33.2. The molecular weight excluding hydrogens is 807 g/mol. The maximum absolute atomic E-state index is 13.8. The monoisotopic (exact) mass is 847 g/mol. The Morgan fingerprint density at radius 2 is 1.70 bits per heavy atom. The Morgan fingerprint density at radius 1 is 1.02 bits per heavy atom. The number of fused-ring (bicyclic) bond motifs is 3. The van der Waals surface area contributed by atoms with Gasteiger partial charge in [-0.05, 0) is 91.9 Å². The summed E-state index contributed by atoms with van der Waals surface area (Å²) in [7, 11) is 0. The summed E-state index contributed by atoms with van der Waals surface area (Å²) >= 11 is 14.1. The number of aromatic nitrogens is 1. The highest BCUT2D eigenvalue weighted by molar-refractivity contribution is 7.14. The molecule has 5 heterocycles. The molecule has 1 unspecified atom stereocenters. The van der Waals surface area contributed by atoms with Gasteiger partial charge in [-0.15, -0.1) is 11.3 Å².